The van der Waals surface area contributed by atoms with Crippen molar-refractivity contribution in [2.24, 2.45) is 0 Å². The molecule has 0 spiro atoms. The normalized spacial score (nSPS) is 14.0. The Labute approximate surface area is 163 Å². The number of aromatic nitrogens is 4. The minimum atomic E-state index is -0.0487. The van der Waals surface area contributed by atoms with Gasteiger partial charge in [0.15, 0.2) is 0 Å². The van der Waals surface area contributed by atoms with Crippen LogP contribution < -0.4 is 10.2 Å². The van der Waals surface area contributed by atoms with E-state index in [9.17, 15) is 4.79 Å². The second-order valence-electron chi connectivity index (χ2n) is 6.47. The molecule has 1 aliphatic rings. The van der Waals surface area contributed by atoms with E-state index in [0.29, 0.717) is 44.4 Å². The third kappa shape index (κ3) is 4.22. The fourth-order valence-electron chi connectivity index (χ4n) is 3.06. The van der Waals surface area contributed by atoms with Crippen molar-refractivity contribution in [3.8, 4) is 0 Å². The van der Waals surface area contributed by atoms with Gasteiger partial charge in [0.2, 0.25) is 5.95 Å². The monoisotopic (exact) mass is 375 g/mol. The summed E-state index contributed by atoms with van der Waals surface area (Å²) >= 11 is 0. The maximum Gasteiger partial charge on any atom is 0.272 e. The van der Waals surface area contributed by atoms with Crippen molar-refractivity contribution < 1.29 is 4.79 Å². The lowest BCUT2D eigenvalue weighted by Crippen LogP contribution is -2.49. The first kappa shape index (κ1) is 17.8. The van der Waals surface area contributed by atoms with E-state index in [4.69, 9.17) is 0 Å². The molecule has 0 saturated carbocycles. The molecule has 4 rings (SSSR count). The molecule has 0 aliphatic carbocycles. The van der Waals surface area contributed by atoms with Crippen molar-refractivity contribution in [1.82, 2.24) is 24.8 Å². The molecule has 1 aliphatic heterocycles. The molecule has 1 amide bonds. The fourth-order valence-corrected chi connectivity index (χ4v) is 3.06. The van der Waals surface area contributed by atoms with E-state index < -0.39 is 0 Å². The van der Waals surface area contributed by atoms with Crippen molar-refractivity contribution in [2.45, 2.75) is 6.54 Å². The molecule has 0 atom stereocenters. The molecule has 1 fully saturated rings. The van der Waals surface area contributed by atoms with Crippen molar-refractivity contribution in [3.05, 3.63) is 72.6 Å². The molecule has 0 aromatic carbocycles. The van der Waals surface area contributed by atoms with E-state index in [-0.39, 0.29) is 5.91 Å². The van der Waals surface area contributed by atoms with Gasteiger partial charge >= 0.3 is 0 Å². The summed E-state index contributed by atoms with van der Waals surface area (Å²) in [6.45, 7) is 3.33. The number of rotatable bonds is 5. The minimum Gasteiger partial charge on any atom is -0.380 e. The van der Waals surface area contributed by atoms with Crippen molar-refractivity contribution >= 4 is 17.5 Å². The highest BCUT2D eigenvalue weighted by Gasteiger charge is 2.24. The summed E-state index contributed by atoms with van der Waals surface area (Å²) in [6.07, 6.45) is 8.72. The molecule has 142 valence electrons. The predicted octanol–water partition coefficient (Wildman–Crippen LogP) is 1.84. The summed E-state index contributed by atoms with van der Waals surface area (Å²) < 4.78 is 0. The summed E-state index contributed by atoms with van der Waals surface area (Å²) in [5, 5.41) is 3.28. The van der Waals surface area contributed by atoms with Gasteiger partial charge in [0, 0.05) is 57.5 Å². The number of piperazine rings is 1. The Morgan fingerprint density at radius 2 is 1.75 bits per heavy atom. The van der Waals surface area contributed by atoms with Gasteiger partial charge in [-0.1, -0.05) is 6.07 Å². The van der Waals surface area contributed by atoms with Gasteiger partial charge in [-0.15, -0.1) is 0 Å². The van der Waals surface area contributed by atoms with Crippen LogP contribution in [0.4, 0.5) is 11.6 Å². The molecule has 1 N–H and O–H groups in total. The second kappa shape index (κ2) is 8.43. The van der Waals surface area contributed by atoms with Crippen LogP contribution >= 0.6 is 0 Å². The van der Waals surface area contributed by atoms with Gasteiger partial charge < -0.3 is 15.1 Å². The van der Waals surface area contributed by atoms with E-state index in [1.165, 1.54) is 0 Å². The zero-order chi connectivity index (χ0) is 19.2. The number of nitrogens with one attached hydrogen (secondary N) is 1. The third-order valence-electron chi connectivity index (χ3n) is 4.60. The molecular weight excluding hydrogens is 354 g/mol. The molecule has 3 aromatic heterocycles. The first-order chi connectivity index (χ1) is 13.8. The molecule has 3 aromatic rings. The molecule has 1 saturated heterocycles. The van der Waals surface area contributed by atoms with Gasteiger partial charge in [0.05, 0.1) is 11.9 Å². The Kier molecular flexibility index (Phi) is 5.37. The quantitative estimate of drug-likeness (QED) is 0.728. The van der Waals surface area contributed by atoms with Crippen LogP contribution in [0.1, 0.15) is 16.1 Å². The summed E-state index contributed by atoms with van der Waals surface area (Å²) in [6, 6.07) is 9.35. The first-order valence-electron chi connectivity index (χ1n) is 9.20. The standard InChI is InChI=1S/C20H21N7O/c28-19(26-9-11-27(12-10-26)20-22-7-2-8-23-20)18-5-4-17(15-25-18)24-14-16-3-1-6-21-13-16/h1-8,13,15,24H,9-12,14H2. The van der Waals surface area contributed by atoms with Crippen LogP contribution in [-0.2, 0) is 6.54 Å². The summed E-state index contributed by atoms with van der Waals surface area (Å²) in [5.41, 5.74) is 2.41. The van der Waals surface area contributed by atoms with Gasteiger partial charge in [-0.3, -0.25) is 9.78 Å². The largest absolute Gasteiger partial charge is 0.380 e. The average Bonchev–Trinajstić information content (AvgIpc) is 2.79. The number of carbonyl (C=O) groups is 1. The van der Waals surface area contributed by atoms with Crippen LogP contribution in [0.25, 0.3) is 0 Å². The van der Waals surface area contributed by atoms with Crippen molar-refractivity contribution in [2.75, 3.05) is 36.4 Å². The third-order valence-corrected chi connectivity index (χ3v) is 4.60. The Bertz CT molecular complexity index is 895. The molecule has 0 unspecified atom stereocenters. The average molecular weight is 375 g/mol. The summed E-state index contributed by atoms with van der Waals surface area (Å²) in [7, 11) is 0. The van der Waals surface area contributed by atoms with E-state index in [1.807, 2.05) is 29.3 Å². The van der Waals surface area contributed by atoms with Crippen molar-refractivity contribution in [3.63, 3.8) is 0 Å². The minimum absolute atomic E-state index is 0.0487. The van der Waals surface area contributed by atoms with E-state index in [2.05, 4.69) is 30.2 Å². The number of anilines is 2. The Morgan fingerprint density at radius 3 is 2.43 bits per heavy atom. The first-order valence-corrected chi connectivity index (χ1v) is 9.20. The Morgan fingerprint density at radius 1 is 0.929 bits per heavy atom. The van der Waals surface area contributed by atoms with Crippen LogP contribution in [0.15, 0.2) is 61.3 Å². The van der Waals surface area contributed by atoms with Gasteiger partial charge in [-0.05, 0) is 29.8 Å². The number of carbonyl (C=O) groups excluding carboxylic acids is 1. The Balaban J connectivity index is 1.31. The lowest BCUT2D eigenvalue weighted by atomic mass is 10.2. The number of hydrogen-bond donors (Lipinski definition) is 1. The maximum atomic E-state index is 12.7. The van der Waals surface area contributed by atoms with Crippen LogP contribution in [0.3, 0.4) is 0 Å². The second-order valence-corrected chi connectivity index (χ2v) is 6.47. The van der Waals surface area contributed by atoms with E-state index >= 15 is 0 Å². The van der Waals surface area contributed by atoms with E-state index in [1.54, 1.807) is 36.9 Å². The lowest BCUT2D eigenvalue weighted by Gasteiger charge is -2.34. The number of nitrogens with zero attached hydrogens (tertiary/aromatic N) is 6. The van der Waals surface area contributed by atoms with E-state index in [0.717, 1.165) is 11.3 Å². The van der Waals surface area contributed by atoms with Crippen LogP contribution in [-0.4, -0.2) is 56.9 Å². The smallest absolute Gasteiger partial charge is 0.272 e. The van der Waals surface area contributed by atoms with Crippen LogP contribution in [0, 0.1) is 0 Å². The number of hydrogen-bond acceptors (Lipinski definition) is 7. The molecule has 4 heterocycles. The van der Waals surface area contributed by atoms with Crippen LogP contribution in [0.5, 0.6) is 0 Å². The highest BCUT2D eigenvalue weighted by molar-refractivity contribution is 5.92. The lowest BCUT2D eigenvalue weighted by molar-refractivity contribution is 0.0740. The molecule has 0 bridgehead atoms. The number of amides is 1. The van der Waals surface area contributed by atoms with Gasteiger partial charge in [-0.2, -0.15) is 0 Å². The Hall–Kier alpha value is -3.55. The van der Waals surface area contributed by atoms with Crippen molar-refractivity contribution in [1.29, 1.82) is 0 Å². The molecule has 28 heavy (non-hydrogen) atoms. The maximum absolute atomic E-state index is 12.7. The summed E-state index contributed by atoms with van der Waals surface area (Å²) in [5.74, 6) is 0.657. The predicted molar refractivity (Wildman–Crippen MR) is 106 cm³/mol. The number of pyridine rings is 2. The highest BCUT2D eigenvalue weighted by Crippen LogP contribution is 2.13. The van der Waals surface area contributed by atoms with Crippen LogP contribution in [0.2, 0.25) is 0 Å². The molecule has 8 heteroatoms. The van der Waals surface area contributed by atoms with Gasteiger partial charge in [0.1, 0.15) is 5.69 Å². The molecule has 8 nitrogen and oxygen atoms in total. The van der Waals surface area contributed by atoms with Gasteiger partial charge in [-0.25, -0.2) is 15.0 Å². The fraction of sp³-hybridized carbons (Fsp3) is 0.250. The van der Waals surface area contributed by atoms with Gasteiger partial charge in [0.25, 0.3) is 5.91 Å². The molecule has 0 radical (unpaired) electrons. The zero-order valence-electron chi connectivity index (χ0n) is 15.4. The zero-order valence-corrected chi connectivity index (χ0v) is 15.4. The SMILES string of the molecule is O=C(c1ccc(NCc2cccnc2)cn1)N1CCN(c2ncccn2)CC1. The highest BCUT2D eigenvalue weighted by atomic mass is 16.2. The topological polar surface area (TPSA) is 87.1 Å². The summed E-state index contributed by atoms with van der Waals surface area (Å²) in [4.78, 5) is 33.6. The molecular formula is C20H21N7O.